The first kappa shape index (κ1) is 15.7. The summed E-state index contributed by atoms with van der Waals surface area (Å²) < 4.78 is 2.04. The molecule has 2 aliphatic heterocycles. The van der Waals surface area contributed by atoms with Gasteiger partial charge in [-0.05, 0) is 44.6 Å². The molecule has 2 aromatic rings. The van der Waals surface area contributed by atoms with Crippen LogP contribution in [0, 0.1) is 0 Å². The maximum Gasteiger partial charge on any atom is 0.234 e. The fourth-order valence-corrected chi connectivity index (χ4v) is 3.30. The van der Waals surface area contributed by atoms with Crippen LogP contribution in [-0.2, 0) is 10.2 Å². The Morgan fingerprint density at radius 3 is 2.84 bits per heavy atom. The van der Waals surface area contributed by atoms with Gasteiger partial charge in [0.1, 0.15) is 0 Å². The average molecular weight is 334 g/mol. The number of aromatic nitrogens is 2. The van der Waals surface area contributed by atoms with E-state index in [1.807, 2.05) is 49.1 Å². The summed E-state index contributed by atoms with van der Waals surface area (Å²) in [5.74, 6) is 0.0438. The molecule has 0 radical (unpaired) electrons. The standard InChI is InChI=1S/C20H22N4O/c1-13-9-15(7-8-23(13)4)24-11-18(21-12-24)14-5-6-16-17(10-14)22-19(25)20(16,2)3/h5-7,9-12H,8H2,1-4H3,(H,22,25). The zero-order valence-electron chi connectivity index (χ0n) is 15.0. The third-order valence-corrected chi connectivity index (χ3v) is 5.22. The Kier molecular flexibility index (Phi) is 3.35. The summed E-state index contributed by atoms with van der Waals surface area (Å²) in [4.78, 5) is 18.9. The molecule has 5 nitrogen and oxygen atoms in total. The summed E-state index contributed by atoms with van der Waals surface area (Å²) in [6.45, 7) is 6.90. The molecule has 0 aliphatic carbocycles. The quantitative estimate of drug-likeness (QED) is 0.915. The van der Waals surface area contributed by atoms with E-state index in [-0.39, 0.29) is 5.91 Å². The van der Waals surface area contributed by atoms with Crippen LogP contribution in [0.1, 0.15) is 26.3 Å². The van der Waals surface area contributed by atoms with Gasteiger partial charge in [0.15, 0.2) is 0 Å². The van der Waals surface area contributed by atoms with Gasteiger partial charge in [-0.2, -0.15) is 0 Å². The van der Waals surface area contributed by atoms with Crippen LogP contribution in [0.15, 0.2) is 48.6 Å². The molecule has 0 unspecified atom stereocenters. The molecule has 5 heteroatoms. The highest BCUT2D eigenvalue weighted by atomic mass is 16.2. The molecule has 1 aromatic carbocycles. The second-order valence-electron chi connectivity index (χ2n) is 7.30. The van der Waals surface area contributed by atoms with Crippen LogP contribution in [0.2, 0.25) is 0 Å². The molecule has 0 saturated heterocycles. The SMILES string of the molecule is CC1=CC(n2cnc(-c3ccc4c(c3)NC(=O)C4(C)C)c2)=CCN1C. The minimum atomic E-state index is -0.478. The van der Waals surface area contributed by atoms with E-state index in [0.717, 1.165) is 34.8 Å². The number of fused-ring (bicyclic) bond motifs is 1. The molecule has 25 heavy (non-hydrogen) atoms. The van der Waals surface area contributed by atoms with E-state index in [1.165, 1.54) is 5.70 Å². The molecule has 0 fully saturated rings. The van der Waals surface area contributed by atoms with Crippen molar-refractivity contribution in [1.82, 2.24) is 14.5 Å². The molecule has 0 saturated carbocycles. The topological polar surface area (TPSA) is 50.2 Å². The van der Waals surface area contributed by atoms with E-state index in [4.69, 9.17) is 0 Å². The maximum absolute atomic E-state index is 12.1. The number of imidazole rings is 1. The third kappa shape index (κ3) is 2.47. The fraction of sp³-hybridized carbons (Fsp3) is 0.300. The van der Waals surface area contributed by atoms with Gasteiger partial charge >= 0.3 is 0 Å². The number of rotatable bonds is 2. The van der Waals surface area contributed by atoms with Gasteiger partial charge in [-0.3, -0.25) is 4.79 Å². The van der Waals surface area contributed by atoms with Crippen LogP contribution in [0.3, 0.4) is 0 Å². The molecule has 0 atom stereocenters. The Labute approximate surface area is 147 Å². The van der Waals surface area contributed by atoms with Gasteiger partial charge in [0.25, 0.3) is 0 Å². The second-order valence-corrected chi connectivity index (χ2v) is 7.30. The van der Waals surface area contributed by atoms with Crippen LogP contribution >= 0.6 is 0 Å². The predicted molar refractivity (Wildman–Crippen MR) is 100.0 cm³/mol. The summed E-state index contributed by atoms with van der Waals surface area (Å²) in [5, 5.41) is 2.98. The van der Waals surface area contributed by atoms with Gasteiger partial charge < -0.3 is 14.8 Å². The normalized spacial score (nSPS) is 18.6. The molecule has 0 bridgehead atoms. The Bertz CT molecular complexity index is 933. The fourth-order valence-electron chi connectivity index (χ4n) is 3.30. The van der Waals surface area contributed by atoms with Gasteiger partial charge in [0.2, 0.25) is 5.91 Å². The number of nitrogens with one attached hydrogen (secondary N) is 1. The van der Waals surface area contributed by atoms with E-state index in [2.05, 4.69) is 41.3 Å². The average Bonchev–Trinajstić information content (AvgIpc) is 3.14. The molecule has 4 rings (SSSR count). The van der Waals surface area contributed by atoms with Crippen molar-refractivity contribution >= 4 is 17.3 Å². The molecule has 1 amide bonds. The number of carbonyl (C=O) groups excluding carboxylic acids is 1. The van der Waals surface area contributed by atoms with Gasteiger partial charge in [0, 0.05) is 42.4 Å². The summed E-state index contributed by atoms with van der Waals surface area (Å²) in [6.07, 6.45) is 8.21. The number of benzene rings is 1. The summed E-state index contributed by atoms with van der Waals surface area (Å²) >= 11 is 0. The molecule has 1 aromatic heterocycles. The summed E-state index contributed by atoms with van der Waals surface area (Å²) in [7, 11) is 2.08. The lowest BCUT2D eigenvalue weighted by atomic mass is 9.86. The van der Waals surface area contributed by atoms with Crippen LogP contribution in [0.25, 0.3) is 17.0 Å². The zero-order chi connectivity index (χ0) is 17.8. The number of hydrogen-bond donors (Lipinski definition) is 1. The second kappa shape index (κ2) is 5.34. The first-order chi connectivity index (χ1) is 11.9. The number of hydrogen-bond acceptors (Lipinski definition) is 3. The lowest BCUT2D eigenvalue weighted by molar-refractivity contribution is -0.119. The molecule has 1 N–H and O–H groups in total. The molecular formula is C20H22N4O. The van der Waals surface area contributed by atoms with Crippen molar-refractivity contribution < 1.29 is 4.79 Å². The highest BCUT2D eigenvalue weighted by Crippen LogP contribution is 2.39. The highest BCUT2D eigenvalue weighted by Gasteiger charge is 2.38. The van der Waals surface area contributed by atoms with Crippen molar-refractivity contribution in [2.75, 3.05) is 18.9 Å². The van der Waals surface area contributed by atoms with Crippen LogP contribution in [-0.4, -0.2) is 34.0 Å². The van der Waals surface area contributed by atoms with E-state index in [0.29, 0.717) is 0 Å². The number of likely N-dealkylation sites (N-methyl/N-ethyl adjacent to an activating group) is 1. The molecule has 2 aliphatic rings. The first-order valence-electron chi connectivity index (χ1n) is 8.46. The minimum absolute atomic E-state index is 0.0438. The van der Waals surface area contributed by atoms with Crippen molar-refractivity contribution in [2.24, 2.45) is 0 Å². The Morgan fingerprint density at radius 1 is 1.28 bits per heavy atom. The lowest BCUT2D eigenvalue weighted by Gasteiger charge is -2.23. The van der Waals surface area contributed by atoms with Gasteiger partial charge in [0.05, 0.1) is 17.4 Å². The Balaban J connectivity index is 1.66. The Morgan fingerprint density at radius 2 is 2.08 bits per heavy atom. The van der Waals surface area contributed by atoms with E-state index in [1.54, 1.807) is 0 Å². The van der Waals surface area contributed by atoms with Crippen molar-refractivity contribution in [3.8, 4) is 11.3 Å². The van der Waals surface area contributed by atoms with Crippen molar-refractivity contribution in [3.05, 3.63) is 54.1 Å². The van der Waals surface area contributed by atoms with Crippen molar-refractivity contribution in [2.45, 2.75) is 26.2 Å². The monoisotopic (exact) mass is 334 g/mol. The minimum Gasteiger partial charge on any atom is -0.374 e. The van der Waals surface area contributed by atoms with Gasteiger partial charge in [-0.25, -0.2) is 4.98 Å². The molecule has 128 valence electrons. The van der Waals surface area contributed by atoms with Crippen LogP contribution in [0.5, 0.6) is 0 Å². The van der Waals surface area contributed by atoms with Gasteiger partial charge in [-0.1, -0.05) is 12.1 Å². The lowest BCUT2D eigenvalue weighted by Crippen LogP contribution is -2.26. The zero-order valence-corrected chi connectivity index (χ0v) is 15.0. The number of allylic oxidation sites excluding steroid dienone is 3. The van der Waals surface area contributed by atoms with Crippen LogP contribution in [0.4, 0.5) is 5.69 Å². The van der Waals surface area contributed by atoms with Crippen molar-refractivity contribution in [1.29, 1.82) is 0 Å². The summed E-state index contributed by atoms with van der Waals surface area (Å²) in [5.41, 5.74) is 5.71. The molecular weight excluding hydrogens is 312 g/mol. The van der Waals surface area contributed by atoms with E-state index < -0.39 is 5.41 Å². The Hall–Kier alpha value is -2.82. The molecule has 3 heterocycles. The smallest absolute Gasteiger partial charge is 0.234 e. The first-order valence-corrected chi connectivity index (χ1v) is 8.46. The molecule has 0 spiro atoms. The number of nitrogens with zero attached hydrogens (tertiary/aromatic N) is 3. The van der Waals surface area contributed by atoms with Gasteiger partial charge in [-0.15, -0.1) is 0 Å². The number of anilines is 1. The third-order valence-electron chi connectivity index (χ3n) is 5.22. The predicted octanol–water partition coefficient (Wildman–Crippen LogP) is 3.47. The number of amides is 1. The van der Waals surface area contributed by atoms with E-state index >= 15 is 0 Å². The summed E-state index contributed by atoms with van der Waals surface area (Å²) in [6, 6.07) is 6.08. The largest absolute Gasteiger partial charge is 0.374 e. The van der Waals surface area contributed by atoms with Crippen molar-refractivity contribution in [3.63, 3.8) is 0 Å². The highest BCUT2D eigenvalue weighted by molar-refractivity contribution is 6.06. The van der Waals surface area contributed by atoms with Crippen LogP contribution < -0.4 is 5.32 Å². The number of carbonyl (C=O) groups is 1. The maximum atomic E-state index is 12.1. The van der Waals surface area contributed by atoms with E-state index in [9.17, 15) is 4.79 Å².